The molecule has 4 heteroatoms. The average Bonchev–Trinajstić information content (AvgIpc) is 2.96. The van der Waals surface area contributed by atoms with E-state index in [-0.39, 0.29) is 5.97 Å². The van der Waals surface area contributed by atoms with Crippen molar-refractivity contribution in [3.63, 3.8) is 0 Å². The Bertz CT molecular complexity index is 445. The van der Waals surface area contributed by atoms with Gasteiger partial charge in [-0.3, -0.25) is 0 Å². The van der Waals surface area contributed by atoms with Gasteiger partial charge in [-0.25, -0.2) is 4.79 Å². The first-order valence-electron chi connectivity index (χ1n) is 7.22. The summed E-state index contributed by atoms with van der Waals surface area (Å²) in [4.78, 5) is 15.2. The summed E-state index contributed by atoms with van der Waals surface area (Å²) in [5, 5.41) is 3.57. The molecule has 0 radical (unpaired) electrons. The van der Waals surface area contributed by atoms with E-state index in [0.717, 1.165) is 23.5 Å². The van der Waals surface area contributed by atoms with Gasteiger partial charge in [0.1, 0.15) is 0 Å². The molecule has 106 valence electrons. The fraction of sp³-hybridized carbons (Fsp3) is 0.667. The van der Waals surface area contributed by atoms with Crippen LogP contribution < -0.4 is 5.32 Å². The van der Waals surface area contributed by atoms with E-state index in [4.69, 9.17) is 4.74 Å². The van der Waals surface area contributed by atoms with Gasteiger partial charge < -0.3 is 15.0 Å². The van der Waals surface area contributed by atoms with Crippen LogP contribution >= 0.6 is 0 Å². The number of hydrogen-bond donors (Lipinski definition) is 2. The number of rotatable bonds is 5. The van der Waals surface area contributed by atoms with Crippen LogP contribution in [0.15, 0.2) is 0 Å². The molecule has 1 aliphatic rings. The minimum atomic E-state index is -0.221. The van der Waals surface area contributed by atoms with E-state index >= 15 is 0 Å². The summed E-state index contributed by atoms with van der Waals surface area (Å²) in [5.41, 5.74) is 3.72. The van der Waals surface area contributed by atoms with Crippen LogP contribution in [0.4, 0.5) is 0 Å². The summed E-state index contributed by atoms with van der Waals surface area (Å²) < 4.78 is 5.10. The van der Waals surface area contributed by atoms with Crippen LogP contribution in [-0.4, -0.2) is 23.6 Å². The van der Waals surface area contributed by atoms with Crippen LogP contribution in [0.5, 0.6) is 0 Å². The fourth-order valence-corrected chi connectivity index (χ4v) is 2.88. The van der Waals surface area contributed by atoms with Crippen LogP contribution in [0.25, 0.3) is 0 Å². The van der Waals surface area contributed by atoms with Crippen molar-refractivity contribution in [2.45, 2.75) is 59.0 Å². The fourth-order valence-electron chi connectivity index (χ4n) is 2.88. The molecule has 0 unspecified atom stereocenters. The Labute approximate surface area is 114 Å². The lowest BCUT2D eigenvalue weighted by molar-refractivity contribution is 0.0525. The molecule has 1 fully saturated rings. The van der Waals surface area contributed by atoms with Crippen molar-refractivity contribution < 1.29 is 9.53 Å². The predicted molar refractivity (Wildman–Crippen MR) is 75.3 cm³/mol. The van der Waals surface area contributed by atoms with E-state index in [0.29, 0.717) is 18.2 Å². The number of ether oxygens (including phenoxy) is 1. The van der Waals surface area contributed by atoms with Gasteiger partial charge in [-0.05, 0) is 39.2 Å². The maximum Gasteiger partial charge on any atom is 0.340 e. The summed E-state index contributed by atoms with van der Waals surface area (Å²) in [7, 11) is 0. The molecule has 1 heterocycles. The molecule has 1 saturated carbocycles. The summed E-state index contributed by atoms with van der Waals surface area (Å²) in [6.07, 6.45) is 5.19. The van der Waals surface area contributed by atoms with E-state index in [9.17, 15) is 4.79 Å². The zero-order valence-corrected chi connectivity index (χ0v) is 12.1. The van der Waals surface area contributed by atoms with E-state index < -0.39 is 0 Å². The highest BCUT2D eigenvalue weighted by Crippen LogP contribution is 2.21. The molecule has 1 aromatic heterocycles. The van der Waals surface area contributed by atoms with Gasteiger partial charge in [0.15, 0.2) is 0 Å². The average molecular weight is 264 g/mol. The first-order valence-corrected chi connectivity index (χ1v) is 7.22. The maximum absolute atomic E-state index is 11.9. The smallest absolute Gasteiger partial charge is 0.340 e. The van der Waals surface area contributed by atoms with Crippen molar-refractivity contribution in [1.82, 2.24) is 10.3 Å². The van der Waals surface area contributed by atoms with Gasteiger partial charge in [0.25, 0.3) is 0 Å². The summed E-state index contributed by atoms with van der Waals surface area (Å²) in [6, 6.07) is 0.633. The molecule has 0 aromatic carbocycles. The van der Waals surface area contributed by atoms with Crippen LogP contribution in [0.1, 0.15) is 59.9 Å². The topological polar surface area (TPSA) is 54.1 Å². The third kappa shape index (κ3) is 3.18. The van der Waals surface area contributed by atoms with Crippen molar-refractivity contribution in [2.75, 3.05) is 6.61 Å². The van der Waals surface area contributed by atoms with E-state index in [1.54, 1.807) is 0 Å². The van der Waals surface area contributed by atoms with E-state index in [1.807, 2.05) is 20.8 Å². The van der Waals surface area contributed by atoms with Crippen molar-refractivity contribution in [3.8, 4) is 0 Å². The summed E-state index contributed by atoms with van der Waals surface area (Å²) >= 11 is 0. The number of aromatic amines is 1. The number of aryl methyl sites for hydroxylation is 1. The first kappa shape index (κ1) is 14.1. The van der Waals surface area contributed by atoms with Crippen molar-refractivity contribution >= 4 is 5.97 Å². The van der Waals surface area contributed by atoms with Crippen molar-refractivity contribution in [3.05, 3.63) is 22.5 Å². The number of carbonyl (C=O) groups excluding carboxylic acids is 1. The van der Waals surface area contributed by atoms with Crippen molar-refractivity contribution in [1.29, 1.82) is 0 Å². The molecule has 4 nitrogen and oxygen atoms in total. The molecular formula is C15H24N2O2. The van der Waals surface area contributed by atoms with Gasteiger partial charge in [0.2, 0.25) is 0 Å². The molecule has 2 N–H and O–H groups in total. The van der Waals surface area contributed by atoms with Gasteiger partial charge in [-0.15, -0.1) is 0 Å². The van der Waals surface area contributed by atoms with Gasteiger partial charge in [0.05, 0.1) is 12.2 Å². The second kappa shape index (κ2) is 6.24. The molecular weight excluding hydrogens is 240 g/mol. The van der Waals surface area contributed by atoms with E-state index in [1.165, 1.54) is 25.7 Å². The molecule has 19 heavy (non-hydrogen) atoms. The number of hydrogen-bond acceptors (Lipinski definition) is 3. The lowest BCUT2D eigenvalue weighted by atomic mass is 10.1. The largest absolute Gasteiger partial charge is 0.462 e. The number of H-pyrrole nitrogens is 1. The van der Waals surface area contributed by atoms with Crippen LogP contribution in [0, 0.1) is 13.8 Å². The zero-order chi connectivity index (χ0) is 13.8. The molecule has 1 aromatic rings. The molecule has 0 saturated heterocycles. The van der Waals surface area contributed by atoms with E-state index in [2.05, 4.69) is 10.3 Å². The second-order valence-electron chi connectivity index (χ2n) is 5.31. The normalized spacial score (nSPS) is 15.9. The quantitative estimate of drug-likeness (QED) is 0.804. The maximum atomic E-state index is 11.9. The Kier molecular flexibility index (Phi) is 4.64. The Balaban J connectivity index is 2.05. The molecule has 0 bridgehead atoms. The third-order valence-corrected chi connectivity index (χ3v) is 3.94. The SMILES string of the molecule is CCOC(=O)c1c(C)[nH]c(CNC2CCCC2)c1C. The number of esters is 1. The van der Waals surface area contributed by atoms with Gasteiger partial charge in [0, 0.05) is 24.0 Å². The third-order valence-electron chi connectivity index (χ3n) is 3.94. The second-order valence-corrected chi connectivity index (χ2v) is 5.31. The Morgan fingerprint density at radius 2 is 2.05 bits per heavy atom. The molecule has 0 amide bonds. The highest BCUT2D eigenvalue weighted by Gasteiger charge is 2.20. The molecule has 2 rings (SSSR count). The monoisotopic (exact) mass is 264 g/mol. The number of nitrogens with one attached hydrogen (secondary N) is 2. The van der Waals surface area contributed by atoms with Crippen LogP contribution in [-0.2, 0) is 11.3 Å². The molecule has 0 atom stereocenters. The van der Waals surface area contributed by atoms with Crippen LogP contribution in [0.2, 0.25) is 0 Å². The number of carbonyl (C=O) groups is 1. The van der Waals surface area contributed by atoms with Crippen LogP contribution in [0.3, 0.4) is 0 Å². The Morgan fingerprint density at radius 3 is 2.68 bits per heavy atom. The Morgan fingerprint density at radius 1 is 1.37 bits per heavy atom. The molecule has 0 aliphatic heterocycles. The first-order chi connectivity index (χ1) is 9.13. The summed E-state index contributed by atoms with van der Waals surface area (Å²) in [6.45, 7) is 6.97. The minimum Gasteiger partial charge on any atom is -0.462 e. The van der Waals surface area contributed by atoms with Gasteiger partial charge >= 0.3 is 5.97 Å². The molecule has 1 aliphatic carbocycles. The van der Waals surface area contributed by atoms with Gasteiger partial charge in [-0.1, -0.05) is 12.8 Å². The highest BCUT2D eigenvalue weighted by molar-refractivity contribution is 5.92. The van der Waals surface area contributed by atoms with Crippen molar-refractivity contribution in [2.24, 2.45) is 0 Å². The lowest BCUT2D eigenvalue weighted by Crippen LogP contribution is -2.25. The standard InChI is InChI=1S/C15H24N2O2/c1-4-19-15(18)14-10(2)13(17-11(14)3)9-16-12-7-5-6-8-12/h12,16-17H,4-9H2,1-3H3. The predicted octanol–water partition coefficient (Wildman–Crippen LogP) is 2.84. The summed E-state index contributed by atoms with van der Waals surface area (Å²) in [5.74, 6) is -0.221. The highest BCUT2D eigenvalue weighted by atomic mass is 16.5. The Hall–Kier alpha value is -1.29. The minimum absolute atomic E-state index is 0.221. The molecule has 0 spiro atoms. The van der Waals surface area contributed by atoms with Gasteiger partial charge in [-0.2, -0.15) is 0 Å². The zero-order valence-electron chi connectivity index (χ0n) is 12.1. The number of aromatic nitrogens is 1. The lowest BCUT2D eigenvalue weighted by Gasteiger charge is -2.11.